The van der Waals surface area contributed by atoms with Crippen molar-refractivity contribution in [2.45, 2.75) is 25.3 Å². The second-order valence-electron chi connectivity index (χ2n) is 5.16. The standard InChI is InChI=1S/C15H16N4/c1-2-4-11-10(3-1)5-6-13(11)19-15-12-7-8-16-14(12)17-9-18-15/h1-4,9,13H,5-8H2,(H2,16,17,18,19). The summed E-state index contributed by atoms with van der Waals surface area (Å²) in [5.74, 6) is 1.99. The van der Waals surface area contributed by atoms with Crippen LogP contribution in [0.5, 0.6) is 0 Å². The summed E-state index contributed by atoms with van der Waals surface area (Å²) in [6.07, 6.45) is 4.94. The van der Waals surface area contributed by atoms with Crippen LogP contribution in [0, 0.1) is 0 Å². The van der Waals surface area contributed by atoms with Gasteiger partial charge < -0.3 is 10.6 Å². The fraction of sp³-hybridized carbons (Fsp3) is 0.333. The minimum absolute atomic E-state index is 0.385. The highest BCUT2D eigenvalue weighted by molar-refractivity contribution is 5.61. The third kappa shape index (κ3) is 1.75. The largest absolute Gasteiger partial charge is 0.369 e. The number of fused-ring (bicyclic) bond motifs is 2. The quantitative estimate of drug-likeness (QED) is 0.862. The predicted octanol–water partition coefficient (Wildman–Crippen LogP) is 2.54. The monoisotopic (exact) mass is 252 g/mol. The van der Waals surface area contributed by atoms with Crippen LogP contribution >= 0.6 is 0 Å². The van der Waals surface area contributed by atoms with Gasteiger partial charge in [0.2, 0.25) is 0 Å². The molecule has 4 nitrogen and oxygen atoms in total. The molecule has 0 amide bonds. The Balaban J connectivity index is 1.65. The van der Waals surface area contributed by atoms with Crippen LogP contribution in [0.1, 0.15) is 29.2 Å². The summed E-state index contributed by atoms with van der Waals surface area (Å²) in [5.41, 5.74) is 4.11. The molecule has 2 heterocycles. The molecule has 0 radical (unpaired) electrons. The van der Waals surface area contributed by atoms with Gasteiger partial charge in [-0.3, -0.25) is 0 Å². The Labute approximate surface area is 112 Å². The molecule has 1 aliphatic heterocycles. The van der Waals surface area contributed by atoms with E-state index in [-0.39, 0.29) is 0 Å². The van der Waals surface area contributed by atoms with Crippen molar-refractivity contribution in [3.05, 3.63) is 47.3 Å². The van der Waals surface area contributed by atoms with Gasteiger partial charge in [-0.15, -0.1) is 0 Å². The van der Waals surface area contributed by atoms with Crippen molar-refractivity contribution in [3.63, 3.8) is 0 Å². The molecule has 2 aromatic rings. The van der Waals surface area contributed by atoms with Gasteiger partial charge in [0.1, 0.15) is 18.0 Å². The van der Waals surface area contributed by atoms with E-state index in [9.17, 15) is 0 Å². The topological polar surface area (TPSA) is 49.8 Å². The third-order valence-corrected chi connectivity index (χ3v) is 4.06. The molecule has 0 fully saturated rings. The molecule has 2 aliphatic rings. The van der Waals surface area contributed by atoms with Gasteiger partial charge in [0.25, 0.3) is 0 Å². The van der Waals surface area contributed by atoms with Crippen molar-refractivity contribution in [2.24, 2.45) is 0 Å². The minimum atomic E-state index is 0.385. The second kappa shape index (κ2) is 4.23. The molecule has 96 valence electrons. The smallest absolute Gasteiger partial charge is 0.135 e. The van der Waals surface area contributed by atoms with E-state index in [1.54, 1.807) is 6.33 Å². The van der Waals surface area contributed by atoms with Crippen molar-refractivity contribution < 1.29 is 0 Å². The lowest BCUT2D eigenvalue weighted by molar-refractivity contribution is 0.754. The lowest BCUT2D eigenvalue weighted by atomic mass is 10.1. The van der Waals surface area contributed by atoms with E-state index in [2.05, 4.69) is 44.9 Å². The van der Waals surface area contributed by atoms with Crippen LogP contribution in [-0.4, -0.2) is 16.5 Å². The van der Waals surface area contributed by atoms with E-state index in [0.717, 1.165) is 37.4 Å². The fourth-order valence-electron chi connectivity index (χ4n) is 3.10. The maximum absolute atomic E-state index is 4.42. The molecular formula is C15H16N4. The number of benzene rings is 1. The minimum Gasteiger partial charge on any atom is -0.369 e. The normalized spacial score (nSPS) is 19.7. The Bertz CT molecular complexity index is 623. The Kier molecular flexibility index (Phi) is 2.40. The molecule has 19 heavy (non-hydrogen) atoms. The zero-order valence-corrected chi connectivity index (χ0v) is 10.7. The molecule has 1 aromatic carbocycles. The molecule has 1 aromatic heterocycles. The first-order chi connectivity index (χ1) is 9.42. The van der Waals surface area contributed by atoms with E-state index >= 15 is 0 Å². The average molecular weight is 252 g/mol. The molecule has 1 aliphatic carbocycles. The molecule has 0 saturated heterocycles. The number of rotatable bonds is 2. The van der Waals surface area contributed by atoms with Crippen molar-refractivity contribution in [3.8, 4) is 0 Å². The van der Waals surface area contributed by atoms with Crippen LogP contribution in [0.15, 0.2) is 30.6 Å². The van der Waals surface area contributed by atoms with E-state index in [4.69, 9.17) is 0 Å². The first-order valence-corrected chi connectivity index (χ1v) is 6.84. The maximum Gasteiger partial charge on any atom is 0.135 e. The average Bonchev–Trinajstić information content (AvgIpc) is 3.06. The van der Waals surface area contributed by atoms with E-state index in [1.165, 1.54) is 16.7 Å². The number of aromatic nitrogens is 2. The van der Waals surface area contributed by atoms with Gasteiger partial charge >= 0.3 is 0 Å². The summed E-state index contributed by atoms with van der Waals surface area (Å²) >= 11 is 0. The molecule has 0 spiro atoms. The third-order valence-electron chi connectivity index (χ3n) is 4.06. The Morgan fingerprint density at radius 3 is 3.11 bits per heavy atom. The number of hydrogen-bond donors (Lipinski definition) is 2. The van der Waals surface area contributed by atoms with Gasteiger partial charge in [0.05, 0.1) is 6.04 Å². The summed E-state index contributed by atoms with van der Waals surface area (Å²) in [7, 11) is 0. The molecule has 2 N–H and O–H groups in total. The summed E-state index contributed by atoms with van der Waals surface area (Å²) in [6, 6.07) is 9.07. The van der Waals surface area contributed by atoms with Crippen LogP contribution in [0.2, 0.25) is 0 Å². The summed E-state index contributed by atoms with van der Waals surface area (Å²) in [6.45, 7) is 0.962. The van der Waals surface area contributed by atoms with Gasteiger partial charge in [-0.25, -0.2) is 9.97 Å². The molecule has 4 heteroatoms. The van der Waals surface area contributed by atoms with Gasteiger partial charge in [0, 0.05) is 12.1 Å². The number of anilines is 2. The molecule has 0 saturated carbocycles. The molecule has 1 atom stereocenters. The van der Waals surface area contributed by atoms with Gasteiger partial charge in [-0.05, 0) is 30.4 Å². The second-order valence-corrected chi connectivity index (χ2v) is 5.16. The molecular weight excluding hydrogens is 236 g/mol. The van der Waals surface area contributed by atoms with Gasteiger partial charge in [0.15, 0.2) is 0 Å². The highest BCUT2D eigenvalue weighted by atomic mass is 15.1. The Hall–Kier alpha value is -2.10. The predicted molar refractivity (Wildman–Crippen MR) is 75.4 cm³/mol. The maximum atomic E-state index is 4.42. The van der Waals surface area contributed by atoms with Crippen LogP contribution < -0.4 is 10.6 Å². The SMILES string of the molecule is c1ccc2c(c1)CCC2Nc1ncnc2c1CCN2. The Morgan fingerprint density at radius 1 is 1.16 bits per heavy atom. The zero-order valence-electron chi connectivity index (χ0n) is 10.7. The first-order valence-electron chi connectivity index (χ1n) is 6.84. The molecule has 0 bridgehead atoms. The highest BCUT2D eigenvalue weighted by Gasteiger charge is 2.24. The molecule has 1 unspecified atom stereocenters. The number of aryl methyl sites for hydroxylation is 1. The summed E-state index contributed by atoms with van der Waals surface area (Å²) in [4.78, 5) is 8.70. The lowest BCUT2D eigenvalue weighted by Crippen LogP contribution is -2.10. The number of nitrogens with one attached hydrogen (secondary N) is 2. The van der Waals surface area contributed by atoms with Gasteiger partial charge in [-0.2, -0.15) is 0 Å². The summed E-state index contributed by atoms with van der Waals surface area (Å²) < 4.78 is 0. The van der Waals surface area contributed by atoms with Crippen molar-refractivity contribution in [1.82, 2.24) is 9.97 Å². The Morgan fingerprint density at radius 2 is 2.11 bits per heavy atom. The van der Waals surface area contributed by atoms with Crippen molar-refractivity contribution >= 4 is 11.6 Å². The highest BCUT2D eigenvalue weighted by Crippen LogP contribution is 2.35. The van der Waals surface area contributed by atoms with Gasteiger partial charge in [-0.1, -0.05) is 24.3 Å². The van der Waals surface area contributed by atoms with Crippen molar-refractivity contribution in [1.29, 1.82) is 0 Å². The van der Waals surface area contributed by atoms with Crippen LogP contribution in [-0.2, 0) is 12.8 Å². The van der Waals surface area contributed by atoms with Crippen LogP contribution in [0.25, 0.3) is 0 Å². The van der Waals surface area contributed by atoms with E-state index in [0.29, 0.717) is 6.04 Å². The van der Waals surface area contributed by atoms with E-state index in [1.807, 2.05) is 0 Å². The van der Waals surface area contributed by atoms with Crippen molar-refractivity contribution in [2.75, 3.05) is 17.2 Å². The van der Waals surface area contributed by atoms with Crippen LogP contribution in [0.3, 0.4) is 0 Å². The van der Waals surface area contributed by atoms with Crippen LogP contribution in [0.4, 0.5) is 11.6 Å². The number of nitrogens with zero attached hydrogens (tertiary/aromatic N) is 2. The fourth-order valence-corrected chi connectivity index (χ4v) is 3.10. The van der Waals surface area contributed by atoms with E-state index < -0.39 is 0 Å². The molecule has 4 rings (SSSR count). The number of hydrogen-bond acceptors (Lipinski definition) is 4. The lowest BCUT2D eigenvalue weighted by Gasteiger charge is -2.16. The first kappa shape index (κ1) is 10.8. The zero-order chi connectivity index (χ0) is 12.7. The summed E-state index contributed by atoms with van der Waals surface area (Å²) in [5, 5.41) is 6.90.